The Morgan fingerprint density at radius 3 is 2.79 bits per heavy atom. The van der Waals surface area contributed by atoms with Crippen molar-refractivity contribution in [3.63, 3.8) is 0 Å². The molecule has 1 aromatic carbocycles. The van der Waals surface area contributed by atoms with Gasteiger partial charge in [-0.25, -0.2) is 4.98 Å². The third-order valence-electron chi connectivity index (χ3n) is 2.56. The minimum Gasteiger partial charge on any atom is -0.424 e. The summed E-state index contributed by atoms with van der Waals surface area (Å²) in [6.07, 6.45) is 4.97. The van der Waals surface area contributed by atoms with Crippen molar-refractivity contribution in [2.75, 3.05) is 23.7 Å². The van der Waals surface area contributed by atoms with Gasteiger partial charge < -0.3 is 15.1 Å². The van der Waals surface area contributed by atoms with Crippen molar-refractivity contribution in [1.29, 1.82) is 0 Å². The fraction of sp³-hybridized carbons (Fsp3) is 0.154. The highest BCUT2D eigenvalue weighted by molar-refractivity contribution is 5.74. The van der Waals surface area contributed by atoms with Crippen LogP contribution in [0, 0.1) is 0 Å². The normalized spacial score (nSPS) is 10.5. The molecule has 19 heavy (non-hydrogen) atoms. The minimum absolute atomic E-state index is 0.530. The molecule has 0 bridgehead atoms. The molecular weight excluding hydrogens is 242 g/mol. The minimum atomic E-state index is 0.530. The summed E-state index contributed by atoms with van der Waals surface area (Å²) in [6.45, 7) is 1.39. The van der Waals surface area contributed by atoms with E-state index in [9.17, 15) is 0 Å². The molecule has 0 saturated carbocycles. The number of hydrogen-bond donors (Lipinski definition) is 2. The molecule has 0 atom stereocenters. The number of hydrogen-bond acceptors (Lipinski definition) is 6. The molecule has 0 saturated heterocycles. The molecule has 6 nitrogen and oxygen atoms in total. The van der Waals surface area contributed by atoms with Crippen LogP contribution in [0.25, 0.3) is 11.1 Å². The topological polar surface area (TPSA) is 75.9 Å². The van der Waals surface area contributed by atoms with E-state index in [1.54, 1.807) is 18.6 Å². The standard InChI is InChI=1S/C13H13N5O/c1-2-4-11-10(3-1)18-13(19-11)17-8-7-16-12-9-14-5-6-15-12/h1-6,9H,7-8H2,(H,15,16)(H,17,18). The van der Waals surface area contributed by atoms with Crippen molar-refractivity contribution >= 4 is 22.9 Å². The molecule has 3 aromatic rings. The molecule has 2 aromatic heterocycles. The average molecular weight is 255 g/mol. The zero-order valence-electron chi connectivity index (χ0n) is 10.2. The van der Waals surface area contributed by atoms with Gasteiger partial charge in [0.15, 0.2) is 5.58 Å². The van der Waals surface area contributed by atoms with Crippen molar-refractivity contribution in [2.24, 2.45) is 0 Å². The smallest absolute Gasteiger partial charge is 0.295 e. The Morgan fingerprint density at radius 2 is 1.95 bits per heavy atom. The van der Waals surface area contributed by atoms with Crippen LogP contribution in [0.5, 0.6) is 0 Å². The van der Waals surface area contributed by atoms with Crippen LogP contribution in [0.2, 0.25) is 0 Å². The Kier molecular flexibility index (Phi) is 3.22. The second-order valence-corrected chi connectivity index (χ2v) is 3.93. The lowest BCUT2D eigenvalue weighted by Crippen LogP contribution is -2.14. The number of oxazole rings is 1. The number of benzene rings is 1. The summed E-state index contributed by atoms with van der Waals surface area (Å²) < 4.78 is 5.54. The fourth-order valence-electron chi connectivity index (χ4n) is 1.70. The van der Waals surface area contributed by atoms with Gasteiger partial charge in [0, 0.05) is 25.5 Å². The summed E-state index contributed by atoms with van der Waals surface area (Å²) in [5.41, 5.74) is 1.64. The van der Waals surface area contributed by atoms with Crippen LogP contribution in [0.15, 0.2) is 47.3 Å². The molecule has 0 aliphatic carbocycles. The monoisotopic (exact) mass is 255 g/mol. The van der Waals surface area contributed by atoms with E-state index in [1.807, 2.05) is 24.3 Å². The van der Waals surface area contributed by atoms with E-state index in [4.69, 9.17) is 4.42 Å². The lowest BCUT2D eigenvalue weighted by Gasteiger charge is -2.04. The third kappa shape index (κ3) is 2.79. The fourth-order valence-corrected chi connectivity index (χ4v) is 1.70. The molecule has 0 aliphatic rings. The van der Waals surface area contributed by atoms with Gasteiger partial charge in [0.25, 0.3) is 6.01 Å². The van der Waals surface area contributed by atoms with Crippen molar-refractivity contribution < 1.29 is 4.42 Å². The molecule has 0 unspecified atom stereocenters. The van der Waals surface area contributed by atoms with E-state index < -0.39 is 0 Å². The van der Waals surface area contributed by atoms with Gasteiger partial charge in [-0.1, -0.05) is 12.1 Å². The largest absolute Gasteiger partial charge is 0.424 e. The van der Waals surface area contributed by atoms with Crippen LogP contribution < -0.4 is 10.6 Å². The number of nitrogens with one attached hydrogen (secondary N) is 2. The first kappa shape index (κ1) is 11.5. The maximum atomic E-state index is 5.54. The van der Waals surface area contributed by atoms with Gasteiger partial charge in [-0.05, 0) is 12.1 Å². The molecule has 0 fully saturated rings. The summed E-state index contributed by atoms with van der Waals surface area (Å²) >= 11 is 0. The van der Waals surface area contributed by atoms with E-state index in [1.165, 1.54) is 0 Å². The Hall–Kier alpha value is -2.63. The van der Waals surface area contributed by atoms with Crippen LogP contribution in [0.4, 0.5) is 11.8 Å². The van der Waals surface area contributed by atoms with Gasteiger partial charge in [0.05, 0.1) is 6.20 Å². The number of rotatable bonds is 5. The molecule has 3 rings (SSSR count). The third-order valence-corrected chi connectivity index (χ3v) is 2.56. The van der Waals surface area contributed by atoms with Gasteiger partial charge in [0.2, 0.25) is 0 Å². The molecular formula is C13H13N5O. The Balaban J connectivity index is 1.52. The highest BCUT2D eigenvalue weighted by Crippen LogP contribution is 2.17. The molecule has 0 spiro atoms. The van der Waals surface area contributed by atoms with Crippen molar-refractivity contribution in [3.05, 3.63) is 42.9 Å². The van der Waals surface area contributed by atoms with Gasteiger partial charge in [-0.3, -0.25) is 4.98 Å². The van der Waals surface area contributed by atoms with Crippen LogP contribution in [-0.4, -0.2) is 28.0 Å². The molecule has 0 amide bonds. The van der Waals surface area contributed by atoms with Crippen LogP contribution in [0.1, 0.15) is 0 Å². The van der Waals surface area contributed by atoms with Crippen LogP contribution in [-0.2, 0) is 0 Å². The predicted molar refractivity (Wildman–Crippen MR) is 73.0 cm³/mol. The quantitative estimate of drug-likeness (QED) is 0.680. The zero-order chi connectivity index (χ0) is 12.9. The molecule has 2 N–H and O–H groups in total. The van der Waals surface area contributed by atoms with E-state index >= 15 is 0 Å². The van der Waals surface area contributed by atoms with E-state index in [2.05, 4.69) is 25.6 Å². The summed E-state index contributed by atoms with van der Waals surface area (Å²) in [4.78, 5) is 12.4. The van der Waals surface area contributed by atoms with Gasteiger partial charge >= 0.3 is 0 Å². The first-order chi connectivity index (χ1) is 9.42. The summed E-state index contributed by atoms with van der Waals surface area (Å²) in [5.74, 6) is 0.752. The van der Waals surface area contributed by atoms with E-state index in [0.717, 1.165) is 16.9 Å². The number of fused-ring (bicyclic) bond motifs is 1. The van der Waals surface area contributed by atoms with Gasteiger partial charge in [-0.15, -0.1) is 0 Å². The second-order valence-electron chi connectivity index (χ2n) is 3.93. The Labute approximate surface area is 109 Å². The van der Waals surface area contributed by atoms with Gasteiger partial charge in [0.1, 0.15) is 11.3 Å². The number of anilines is 2. The second kappa shape index (κ2) is 5.34. The Bertz CT molecular complexity index is 619. The predicted octanol–water partition coefficient (Wildman–Crippen LogP) is 2.14. The highest BCUT2D eigenvalue weighted by atomic mass is 16.4. The Morgan fingerprint density at radius 1 is 1.05 bits per heavy atom. The molecule has 0 radical (unpaired) electrons. The van der Waals surface area contributed by atoms with E-state index in [0.29, 0.717) is 19.1 Å². The highest BCUT2D eigenvalue weighted by Gasteiger charge is 2.03. The van der Waals surface area contributed by atoms with Gasteiger partial charge in [-0.2, -0.15) is 4.98 Å². The average Bonchev–Trinajstić information content (AvgIpc) is 2.87. The first-order valence-corrected chi connectivity index (χ1v) is 6.01. The van der Waals surface area contributed by atoms with Crippen molar-refractivity contribution in [2.45, 2.75) is 0 Å². The molecule has 96 valence electrons. The summed E-state index contributed by atoms with van der Waals surface area (Å²) in [5, 5.41) is 6.26. The number of nitrogens with zero attached hydrogens (tertiary/aromatic N) is 3. The molecule has 0 aliphatic heterocycles. The van der Waals surface area contributed by atoms with Crippen LogP contribution in [0.3, 0.4) is 0 Å². The lowest BCUT2D eigenvalue weighted by molar-refractivity contribution is 0.615. The van der Waals surface area contributed by atoms with E-state index in [-0.39, 0.29) is 0 Å². The van der Waals surface area contributed by atoms with Crippen molar-refractivity contribution in [3.8, 4) is 0 Å². The summed E-state index contributed by atoms with van der Waals surface area (Å²) in [6, 6.07) is 8.20. The summed E-state index contributed by atoms with van der Waals surface area (Å²) in [7, 11) is 0. The lowest BCUT2D eigenvalue weighted by atomic mass is 10.3. The zero-order valence-corrected chi connectivity index (χ0v) is 10.2. The number of aromatic nitrogens is 3. The molecule has 2 heterocycles. The van der Waals surface area contributed by atoms with Crippen LogP contribution >= 0.6 is 0 Å². The number of para-hydroxylation sites is 2. The first-order valence-electron chi connectivity index (χ1n) is 6.01. The van der Waals surface area contributed by atoms with Crippen molar-refractivity contribution in [1.82, 2.24) is 15.0 Å². The maximum absolute atomic E-state index is 5.54. The SMILES string of the molecule is c1ccc2oc(NCCNc3cnccn3)nc2c1. The molecule has 6 heteroatoms. The maximum Gasteiger partial charge on any atom is 0.295 e.